The van der Waals surface area contributed by atoms with Crippen LogP contribution in [0.3, 0.4) is 0 Å². The second-order valence-corrected chi connectivity index (χ2v) is 3.11. The first kappa shape index (κ1) is 8.53. The fraction of sp³-hybridized carbons (Fsp3) is 0.875. The summed E-state index contributed by atoms with van der Waals surface area (Å²) >= 11 is 0. The van der Waals surface area contributed by atoms with E-state index in [1.807, 2.05) is 0 Å². The summed E-state index contributed by atoms with van der Waals surface area (Å²) in [5.41, 5.74) is 0. The SMILES string of the molecule is COC(=O)CC(O)CC1CC1. The highest BCUT2D eigenvalue weighted by Crippen LogP contribution is 2.33. The van der Waals surface area contributed by atoms with Gasteiger partial charge in [0.05, 0.1) is 19.6 Å². The maximum Gasteiger partial charge on any atom is 0.308 e. The van der Waals surface area contributed by atoms with Crippen LogP contribution in [0, 0.1) is 5.92 Å². The average Bonchev–Trinajstić information content (AvgIpc) is 2.71. The van der Waals surface area contributed by atoms with Crippen LogP contribution in [0.4, 0.5) is 0 Å². The Morgan fingerprint density at radius 2 is 2.36 bits per heavy atom. The Hall–Kier alpha value is -0.570. The highest BCUT2D eigenvalue weighted by atomic mass is 16.5. The Kier molecular flexibility index (Phi) is 2.88. The van der Waals surface area contributed by atoms with Crippen molar-refractivity contribution < 1.29 is 14.6 Å². The number of hydrogen-bond acceptors (Lipinski definition) is 3. The van der Waals surface area contributed by atoms with E-state index in [0.29, 0.717) is 5.92 Å². The molecule has 1 rings (SSSR count). The van der Waals surface area contributed by atoms with Crippen molar-refractivity contribution in [2.24, 2.45) is 5.92 Å². The Morgan fingerprint density at radius 3 is 2.82 bits per heavy atom. The van der Waals surface area contributed by atoms with Gasteiger partial charge in [-0.25, -0.2) is 0 Å². The van der Waals surface area contributed by atoms with Gasteiger partial charge in [-0.1, -0.05) is 12.8 Å². The lowest BCUT2D eigenvalue weighted by Crippen LogP contribution is -2.14. The first-order valence-corrected chi connectivity index (χ1v) is 3.97. The van der Waals surface area contributed by atoms with Crippen molar-refractivity contribution in [1.29, 1.82) is 0 Å². The summed E-state index contributed by atoms with van der Waals surface area (Å²) in [5.74, 6) is 0.341. The van der Waals surface area contributed by atoms with Gasteiger partial charge >= 0.3 is 5.97 Å². The van der Waals surface area contributed by atoms with Gasteiger partial charge in [-0.05, 0) is 12.3 Å². The molecule has 1 N–H and O–H groups in total. The number of aliphatic hydroxyl groups is 1. The Balaban J connectivity index is 2.08. The monoisotopic (exact) mass is 158 g/mol. The van der Waals surface area contributed by atoms with E-state index in [4.69, 9.17) is 0 Å². The van der Waals surface area contributed by atoms with E-state index in [1.54, 1.807) is 0 Å². The molecular formula is C8H14O3. The third-order valence-corrected chi connectivity index (χ3v) is 1.93. The fourth-order valence-corrected chi connectivity index (χ4v) is 1.10. The van der Waals surface area contributed by atoms with Gasteiger partial charge in [-0.3, -0.25) is 4.79 Å². The molecule has 64 valence electrons. The molecule has 0 aromatic carbocycles. The molecule has 0 aromatic rings. The number of aliphatic hydroxyl groups excluding tert-OH is 1. The predicted molar refractivity (Wildman–Crippen MR) is 40.0 cm³/mol. The van der Waals surface area contributed by atoms with Crippen molar-refractivity contribution in [3.05, 3.63) is 0 Å². The summed E-state index contributed by atoms with van der Waals surface area (Å²) in [5, 5.41) is 9.26. The second kappa shape index (κ2) is 3.72. The fourth-order valence-electron chi connectivity index (χ4n) is 1.10. The summed E-state index contributed by atoms with van der Waals surface area (Å²) in [6.07, 6.45) is 2.83. The molecule has 11 heavy (non-hydrogen) atoms. The quantitative estimate of drug-likeness (QED) is 0.613. The van der Waals surface area contributed by atoms with Crippen molar-refractivity contribution in [3.8, 4) is 0 Å². The second-order valence-electron chi connectivity index (χ2n) is 3.11. The van der Waals surface area contributed by atoms with Gasteiger partial charge in [-0.2, -0.15) is 0 Å². The zero-order chi connectivity index (χ0) is 8.27. The number of esters is 1. The molecule has 3 nitrogen and oxygen atoms in total. The Labute approximate surface area is 66.4 Å². The lowest BCUT2D eigenvalue weighted by atomic mass is 10.1. The summed E-state index contributed by atoms with van der Waals surface area (Å²) in [6.45, 7) is 0. The van der Waals surface area contributed by atoms with Gasteiger partial charge in [0.2, 0.25) is 0 Å². The topological polar surface area (TPSA) is 46.5 Å². The largest absolute Gasteiger partial charge is 0.469 e. The zero-order valence-electron chi connectivity index (χ0n) is 6.75. The van der Waals surface area contributed by atoms with E-state index >= 15 is 0 Å². The van der Waals surface area contributed by atoms with E-state index in [-0.39, 0.29) is 12.4 Å². The maximum absolute atomic E-state index is 10.6. The van der Waals surface area contributed by atoms with Crippen molar-refractivity contribution in [1.82, 2.24) is 0 Å². The molecule has 1 atom stereocenters. The molecular weight excluding hydrogens is 144 g/mol. The molecule has 0 spiro atoms. The molecule has 1 saturated carbocycles. The molecule has 1 fully saturated rings. The molecule has 1 aliphatic carbocycles. The standard InChI is InChI=1S/C8H14O3/c1-11-8(10)5-7(9)4-6-2-3-6/h6-7,9H,2-5H2,1H3. The lowest BCUT2D eigenvalue weighted by Gasteiger charge is -2.06. The molecule has 0 saturated heterocycles. The first-order valence-electron chi connectivity index (χ1n) is 3.97. The molecule has 0 radical (unpaired) electrons. The minimum Gasteiger partial charge on any atom is -0.469 e. The Morgan fingerprint density at radius 1 is 1.73 bits per heavy atom. The van der Waals surface area contributed by atoms with Crippen LogP contribution in [-0.2, 0) is 9.53 Å². The van der Waals surface area contributed by atoms with E-state index < -0.39 is 6.10 Å². The van der Waals surface area contributed by atoms with Crippen LogP contribution < -0.4 is 0 Å². The summed E-state index contributed by atoms with van der Waals surface area (Å²) in [7, 11) is 1.34. The maximum atomic E-state index is 10.6. The normalized spacial score (nSPS) is 19.5. The van der Waals surface area contributed by atoms with E-state index in [9.17, 15) is 9.90 Å². The van der Waals surface area contributed by atoms with Crippen LogP contribution in [0.1, 0.15) is 25.7 Å². The van der Waals surface area contributed by atoms with Crippen LogP contribution in [0.15, 0.2) is 0 Å². The molecule has 0 amide bonds. The minimum absolute atomic E-state index is 0.146. The molecule has 3 heteroatoms. The molecule has 1 aliphatic rings. The highest BCUT2D eigenvalue weighted by molar-refractivity contribution is 5.69. The van der Waals surface area contributed by atoms with Crippen LogP contribution in [0.2, 0.25) is 0 Å². The summed E-state index contributed by atoms with van der Waals surface area (Å²) < 4.78 is 4.42. The van der Waals surface area contributed by atoms with Crippen molar-refractivity contribution in [2.45, 2.75) is 31.8 Å². The van der Waals surface area contributed by atoms with Crippen molar-refractivity contribution >= 4 is 5.97 Å². The van der Waals surface area contributed by atoms with Gasteiger partial charge < -0.3 is 9.84 Å². The summed E-state index contributed by atoms with van der Waals surface area (Å²) in [6, 6.07) is 0. The predicted octanol–water partition coefficient (Wildman–Crippen LogP) is 0.710. The van der Waals surface area contributed by atoms with Gasteiger partial charge in [-0.15, -0.1) is 0 Å². The van der Waals surface area contributed by atoms with Crippen LogP contribution in [0.5, 0.6) is 0 Å². The van der Waals surface area contributed by atoms with E-state index in [1.165, 1.54) is 20.0 Å². The first-order chi connectivity index (χ1) is 5.22. The highest BCUT2D eigenvalue weighted by Gasteiger charge is 2.25. The third-order valence-electron chi connectivity index (χ3n) is 1.93. The van der Waals surface area contributed by atoms with Crippen molar-refractivity contribution in [3.63, 3.8) is 0 Å². The molecule has 0 heterocycles. The number of rotatable bonds is 4. The van der Waals surface area contributed by atoms with Crippen LogP contribution in [0.25, 0.3) is 0 Å². The van der Waals surface area contributed by atoms with Gasteiger partial charge in [0.15, 0.2) is 0 Å². The minimum atomic E-state index is -0.491. The van der Waals surface area contributed by atoms with E-state index in [2.05, 4.69) is 4.74 Å². The molecule has 0 aromatic heterocycles. The molecule has 0 aliphatic heterocycles. The number of carbonyl (C=O) groups excluding carboxylic acids is 1. The van der Waals surface area contributed by atoms with Crippen molar-refractivity contribution in [2.75, 3.05) is 7.11 Å². The van der Waals surface area contributed by atoms with Crippen LogP contribution >= 0.6 is 0 Å². The van der Waals surface area contributed by atoms with Gasteiger partial charge in [0.1, 0.15) is 0 Å². The number of hydrogen-bond donors (Lipinski definition) is 1. The van der Waals surface area contributed by atoms with Gasteiger partial charge in [0.25, 0.3) is 0 Å². The molecule has 1 unspecified atom stereocenters. The Bertz CT molecular complexity index is 140. The number of ether oxygens (including phenoxy) is 1. The average molecular weight is 158 g/mol. The van der Waals surface area contributed by atoms with Crippen LogP contribution in [-0.4, -0.2) is 24.3 Å². The lowest BCUT2D eigenvalue weighted by molar-refractivity contribution is -0.142. The molecule has 0 bridgehead atoms. The zero-order valence-corrected chi connectivity index (χ0v) is 6.75. The van der Waals surface area contributed by atoms with Gasteiger partial charge in [0, 0.05) is 0 Å². The number of methoxy groups -OCH3 is 1. The third kappa shape index (κ3) is 3.37. The smallest absolute Gasteiger partial charge is 0.308 e. The van der Waals surface area contributed by atoms with E-state index in [0.717, 1.165) is 6.42 Å². The summed E-state index contributed by atoms with van der Waals surface area (Å²) in [4.78, 5) is 10.6. The number of carbonyl (C=O) groups is 1.